The van der Waals surface area contributed by atoms with E-state index in [0.717, 1.165) is 24.2 Å². The quantitative estimate of drug-likeness (QED) is 0.794. The minimum Gasteiger partial charge on any atom is -0.459 e. The van der Waals surface area contributed by atoms with Gasteiger partial charge in [-0.1, -0.05) is 18.2 Å². The van der Waals surface area contributed by atoms with Gasteiger partial charge >= 0.3 is 5.97 Å². The molecule has 1 aromatic heterocycles. The maximum absolute atomic E-state index is 12.3. The second-order valence-corrected chi connectivity index (χ2v) is 8.17. The number of thiophene rings is 1. The Hall–Kier alpha value is -1.90. The van der Waals surface area contributed by atoms with Gasteiger partial charge in [0.05, 0.1) is 17.4 Å². The number of esters is 1. The molecule has 1 saturated heterocycles. The Morgan fingerprint density at radius 3 is 2.83 bits per heavy atom. The number of carbonyl (C=O) groups excluding carboxylic acids is 1. The molecule has 24 heavy (non-hydrogen) atoms. The third-order valence-corrected chi connectivity index (χ3v) is 6.34. The first kappa shape index (κ1) is 16.9. The van der Waals surface area contributed by atoms with E-state index in [2.05, 4.69) is 4.72 Å². The van der Waals surface area contributed by atoms with Gasteiger partial charge in [0.1, 0.15) is 10.8 Å². The molecule has 0 aliphatic carbocycles. The highest BCUT2D eigenvalue weighted by Gasteiger charge is 2.22. The van der Waals surface area contributed by atoms with Crippen molar-refractivity contribution >= 4 is 33.0 Å². The molecule has 2 aromatic rings. The summed E-state index contributed by atoms with van der Waals surface area (Å²) in [6, 6.07) is 9.54. The molecule has 0 bridgehead atoms. The van der Waals surface area contributed by atoms with Crippen molar-refractivity contribution in [1.82, 2.24) is 0 Å². The van der Waals surface area contributed by atoms with Crippen LogP contribution in [0.1, 0.15) is 23.2 Å². The summed E-state index contributed by atoms with van der Waals surface area (Å²) >= 11 is 1.11. The van der Waals surface area contributed by atoms with E-state index in [9.17, 15) is 13.2 Å². The topological polar surface area (TPSA) is 81.7 Å². The highest BCUT2D eigenvalue weighted by Crippen LogP contribution is 2.23. The predicted molar refractivity (Wildman–Crippen MR) is 90.8 cm³/mol. The molecule has 0 unspecified atom stereocenters. The zero-order valence-corrected chi connectivity index (χ0v) is 14.4. The molecule has 128 valence electrons. The molecule has 1 aliphatic heterocycles. The second-order valence-electron chi connectivity index (χ2n) is 5.32. The molecule has 6 nitrogen and oxygen atoms in total. The maximum Gasteiger partial charge on any atom is 0.340 e. The van der Waals surface area contributed by atoms with Gasteiger partial charge in [-0.05, 0) is 36.4 Å². The lowest BCUT2D eigenvalue weighted by atomic mass is 10.2. The Bertz CT molecular complexity index is 796. The Balaban J connectivity index is 1.74. The second kappa shape index (κ2) is 7.33. The summed E-state index contributed by atoms with van der Waals surface area (Å²) in [5.41, 5.74) is 0.374. The normalized spacial score (nSPS) is 17.6. The molecule has 1 fully saturated rings. The van der Waals surface area contributed by atoms with Crippen LogP contribution in [0, 0.1) is 0 Å². The Labute approximate surface area is 144 Å². The van der Waals surface area contributed by atoms with Gasteiger partial charge in [-0.3, -0.25) is 4.72 Å². The summed E-state index contributed by atoms with van der Waals surface area (Å²) in [6.07, 6.45) is 1.74. The van der Waals surface area contributed by atoms with E-state index in [0.29, 0.717) is 6.61 Å². The van der Waals surface area contributed by atoms with Gasteiger partial charge in [0.2, 0.25) is 0 Å². The molecular weight excluding hydrogens is 350 g/mol. The van der Waals surface area contributed by atoms with Gasteiger partial charge in [-0.25, -0.2) is 13.2 Å². The minimum absolute atomic E-state index is 0.0797. The zero-order chi connectivity index (χ0) is 17.0. The molecule has 3 rings (SSSR count). The monoisotopic (exact) mass is 367 g/mol. The van der Waals surface area contributed by atoms with Gasteiger partial charge in [0.15, 0.2) is 0 Å². The fourth-order valence-electron chi connectivity index (χ4n) is 2.38. The predicted octanol–water partition coefficient (Wildman–Crippen LogP) is 2.88. The number of rotatable bonds is 6. The van der Waals surface area contributed by atoms with Crippen LogP contribution in [0.3, 0.4) is 0 Å². The van der Waals surface area contributed by atoms with Crippen molar-refractivity contribution in [2.45, 2.75) is 23.2 Å². The molecule has 0 spiro atoms. The fourth-order valence-corrected chi connectivity index (χ4v) is 4.46. The van der Waals surface area contributed by atoms with E-state index in [1.165, 1.54) is 18.2 Å². The smallest absolute Gasteiger partial charge is 0.340 e. The largest absolute Gasteiger partial charge is 0.459 e. The van der Waals surface area contributed by atoms with Crippen molar-refractivity contribution in [3.63, 3.8) is 0 Å². The molecule has 2 heterocycles. The molecule has 0 saturated carbocycles. The van der Waals surface area contributed by atoms with Crippen molar-refractivity contribution in [1.29, 1.82) is 0 Å². The Morgan fingerprint density at radius 1 is 1.29 bits per heavy atom. The van der Waals surface area contributed by atoms with Crippen molar-refractivity contribution in [3.05, 3.63) is 47.3 Å². The summed E-state index contributed by atoms with van der Waals surface area (Å²) in [4.78, 5) is 12.3. The van der Waals surface area contributed by atoms with Crippen molar-refractivity contribution in [2.24, 2.45) is 0 Å². The van der Waals surface area contributed by atoms with Crippen LogP contribution in [0.15, 0.2) is 46.0 Å². The SMILES string of the molecule is O=C(OC[C@@H]1CCCO1)c1ccccc1NS(=O)(=O)c1cccs1. The maximum atomic E-state index is 12.3. The molecule has 1 aromatic carbocycles. The fraction of sp³-hybridized carbons (Fsp3) is 0.312. The summed E-state index contributed by atoms with van der Waals surface area (Å²) in [5.74, 6) is -0.574. The highest BCUT2D eigenvalue weighted by molar-refractivity contribution is 7.94. The van der Waals surface area contributed by atoms with Crippen molar-refractivity contribution < 1.29 is 22.7 Å². The van der Waals surface area contributed by atoms with E-state index in [1.807, 2.05) is 0 Å². The zero-order valence-electron chi connectivity index (χ0n) is 12.8. The average Bonchev–Trinajstić information content (AvgIpc) is 3.26. The van der Waals surface area contributed by atoms with Gasteiger partial charge in [-0.2, -0.15) is 0 Å². The number of ether oxygens (including phenoxy) is 2. The number of para-hydroxylation sites is 1. The number of benzene rings is 1. The first-order chi connectivity index (χ1) is 11.6. The van der Waals surface area contributed by atoms with Crippen LogP contribution in [0.2, 0.25) is 0 Å². The third kappa shape index (κ3) is 3.95. The molecule has 0 amide bonds. The molecule has 1 aliphatic rings. The van der Waals surface area contributed by atoms with Crippen LogP contribution in [0.25, 0.3) is 0 Å². The lowest BCUT2D eigenvalue weighted by Gasteiger charge is -2.13. The number of hydrogen-bond acceptors (Lipinski definition) is 6. The Morgan fingerprint density at radius 2 is 2.12 bits per heavy atom. The van der Waals surface area contributed by atoms with E-state index >= 15 is 0 Å². The van der Waals surface area contributed by atoms with Gasteiger partial charge in [0.25, 0.3) is 10.0 Å². The van der Waals surface area contributed by atoms with Crippen LogP contribution >= 0.6 is 11.3 Å². The first-order valence-electron chi connectivity index (χ1n) is 7.50. The first-order valence-corrected chi connectivity index (χ1v) is 9.86. The third-order valence-electron chi connectivity index (χ3n) is 3.58. The lowest BCUT2D eigenvalue weighted by Crippen LogP contribution is -2.20. The van der Waals surface area contributed by atoms with Crippen LogP contribution in [0.5, 0.6) is 0 Å². The number of hydrogen-bond donors (Lipinski definition) is 1. The highest BCUT2D eigenvalue weighted by atomic mass is 32.2. The van der Waals surface area contributed by atoms with Crippen LogP contribution in [0.4, 0.5) is 5.69 Å². The summed E-state index contributed by atoms with van der Waals surface area (Å²) in [7, 11) is -3.72. The average molecular weight is 367 g/mol. The minimum atomic E-state index is -3.72. The van der Waals surface area contributed by atoms with Gasteiger partial charge in [-0.15, -0.1) is 11.3 Å². The van der Waals surface area contributed by atoms with E-state index < -0.39 is 16.0 Å². The van der Waals surface area contributed by atoms with Crippen molar-refractivity contribution in [3.8, 4) is 0 Å². The van der Waals surface area contributed by atoms with Crippen LogP contribution in [-0.4, -0.2) is 33.7 Å². The molecule has 8 heteroatoms. The molecule has 1 N–H and O–H groups in total. The van der Waals surface area contributed by atoms with E-state index in [1.54, 1.807) is 23.6 Å². The molecule has 1 atom stereocenters. The van der Waals surface area contributed by atoms with Crippen LogP contribution < -0.4 is 4.72 Å². The lowest BCUT2D eigenvalue weighted by molar-refractivity contribution is 0.0162. The van der Waals surface area contributed by atoms with Crippen LogP contribution in [-0.2, 0) is 19.5 Å². The number of carbonyl (C=O) groups is 1. The number of nitrogens with one attached hydrogen (secondary N) is 1. The summed E-state index contributed by atoms with van der Waals surface area (Å²) in [5, 5.41) is 1.68. The molecule has 0 radical (unpaired) electrons. The number of sulfonamides is 1. The summed E-state index contributed by atoms with van der Waals surface area (Å²) < 4.78 is 38.0. The van der Waals surface area contributed by atoms with E-state index in [4.69, 9.17) is 9.47 Å². The standard InChI is InChI=1S/C16H17NO5S2/c18-16(22-11-12-5-3-9-21-12)13-6-1-2-7-14(13)17-24(19,20)15-8-4-10-23-15/h1-2,4,6-8,10,12,17H,3,5,9,11H2/t12-/m0/s1. The van der Waals surface area contributed by atoms with Crippen molar-refractivity contribution in [2.75, 3.05) is 17.9 Å². The summed E-state index contributed by atoms with van der Waals surface area (Å²) in [6.45, 7) is 0.851. The molecular formula is C16H17NO5S2. The Kier molecular flexibility index (Phi) is 5.17. The van der Waals surface area contributed by atoms with E-state index in [-0.39, 0.29) is 28.2 Å². The number of anilines is 1. The van der Waals surface area contributed by atoms with Gasteiger partial charge < -0.3 is 9.47 Å². The van der Waals surface area contributed by atoms with Gasteiger partial charge in [0, 0.05) is 6.61 Å².